The summed E-state index contributed by atoms with van der Waals surface area (Å²) in [5, 5.41) is 3.40. The molecule has 0 aliphatic rings. The quantitative estimate of drug-likeness (QED) is 0.564. The van der Waals surface area contributed by atoms with E-state index in [1.807, 2.05) is 12.1 Å². The molecule has 0 heterocycles. The van der Waals surface area contributed by atoms with Gasteiger partial charge in [0.2, 0.25) is 0 Å². The molecule has 0 bridgehead atoms. The van der Waals surface area contributed by atoms with Crippen LogP contribution in [0.2, 0.25) is 0 Å². The van der Waals surface area contributed by atoms with E-state index < -0.39 is 0 Å². The number of benzene rings is 1. The van der Waals surface area contributed by atoms with Crippen LogP contribution < -0.4 is 10.1 Å². The maximum atomic E-state index is 5.17. The Morgan fingerprint density at radius 1 is 1.29 bits per heavy atom. The van der Waals surface area contributed by atoms with E-state index in [9.17, 15) is 0 Å². The zero-order valence-electron chi connectivity index (χ0n) is 10.2. The molecule has 0 unspecified atom stereocenters. The van der Waals surface area contributed by atoms with Crippen LogP contribution in [0.1, 0.15) is 5.56 Å². The number of hydrogen-bond donors (Lipinski definition) is 1. The summed E-state index contributed by atoms with van der Waals surface area (Å²) < 4.78 is 5.12. The lowest BCUT2D eigenvalue weighted by atomic mass is 10.1. The van der Waals surface area contributed by atoms with Crippen molar-refractivity contribution < 1.29 is 4.74 Å². The molecule has 0 aromatic heterocycles. The molecular formula is C14H19NOS. The molecule has 1 aromatic carbocycles. The summed E-state index contributed by atoms with van der Waals surface area (Å²) in [6.07, 6.45) is 6.21. The highest BCUT2D eigenvalue weighted by molar-refractivity contribution is 7.99. The standard InChI is InChI=1S/C14H19NOS/c1-3-11-17-12-10-15-9-8-13-4-6-14(16-2)7-5-13/h1,4-7,15H,8-12H2,2H3. The first kappa shape index (κ1) is 14.0. The average molecular weight is 249 g/mol. The lowest BCUT2D eigenvalue weighted by molar-refractivity contribution is 0.414. The fourth-order valence-corrected chi connectivity index (χ4v) is 1.98. The summed E-state index contributed by atoms with van der Waals surface area (Å²) in [5.41, 5.74) is 1.33. The van der Waals surface area contributed by atoms with Crippen LogP contribution in [0.15, 0.2) is 24.3 Å². The molecule has 0 saturated carbocycles. The van der Waals surface area contributed by atoms with E-state index in [0.29, 0.717) is 0 Å². The molecule has 1 aromatic rings. The Bertz CT molecular complexity index is 342. The molecule has 0 spiro atoms. The maximum absolute atomic E-state index is 5.17. The SMILES string of the molecule is C#CCSCCNCCc1ccc(OC)cc1. The predicted molar refractivity (Wildman–Crippen MR) is 75.7 cm³/mol. The van der Waals surface area contributed by atoms with Crippen molar-refractivity contribution in [3.63, 3.8) is 0 Å². The van der Waals surface area contributed by atoms with E-state index in [-0.39, 0.29) is 0 Å². The Hall–Kier alpha value is -1.11. The summed E-state index contributed by atoms with van der Waals surface area (Å²) in [7, 11) is 1.68. The van der Waals surface area contributed by atoms with Crippen molar-refractivity contribution in [2.75, 3.05) is 31.7 Å². The number of terminal acetylenes is 1. The van der Waals surface area contributed by atoms with Gasteiger partial charge in [-0.15, -0.1) is 18.2 Å². The van der Waals surface area contributed by atoms with E-state index in [4.69, 9.17) is 11.2 Å². The van der Waals surface area contributed by atoms with Crippen LogP contribution in [0.25, 0.3) is 0 Å². The van der Waals surface area contributed by atoms with Gasteiger partial charge < -0.3 is 10.1 Å². The first-order valence-electron chi connectivity index (χ1n) is 5.71. The second-order valence-electron chi connectivity index (χ2n) is 3.60. The van der Waals surface area contributed by atoms with Crippen molar-refractivity contribution in [1.29, 1.82) is 0 Å². The highest BCUT2D eigenvalue weighted by atomic mass is 32.2. The van der Waals surface area contributed by atoms with Crippen LogP contribution in [0, 0.1) is 12.3 Å². The highest BCUT2D eigenvalue weighted by Gasteiger charge is 1.94. The molecule has 92 valence electrons. The van der Waals surface area contributed by atoms with Gasteiger partial charge in [0, 0.05) is 12.3 Å². The molecule has 0 atom stereocenters. The first-order chi connectivity index (χ1) is 8.36. The molecule has 17 heavy (non-hydrogen) atoms. The van der Waals surface area contributed by atoms with Crippen molar-refractivity contribution in [1.82, 2.24) is 5.32 Å². The zero-order valence-corrected chi connectivity index (χ0v) is 11.1. The van der Waals surface area contributed by atoms with Gasteiger partial charge in [-0.1, -0.05) is 18.1 Å². The number of thioether (sulfide) groups is 1. The van der Waals surface area contributed by atoms with Crippen LogP contribution in [-0.4, -0.2) is 31.7 Å². The third kappa shape index (κ3) is 6.25. The van der Waals surface area contributed by atoms with Gasteiger partial charge in [-0.3, -0.25) is 0 Å². The predicted octanol–water partition coefficient (Wildman–Crippen LogP) is 2.19. The molecule has 1 rings (SSSR count). The van der Waals surface area contributed by atoms with Gasteiger partial charge in [-0.25, -0.2) is 0 Å². The summed E-state index contributed by atoms with van der Waals surface area (Å²) >= 11 is 1.79. The molecule has 2 nitrogen and oxygen atoms in total. The van der Waals surface area contributed by atoms with Crippen molar-refractivity contribution in [2.24, 2.45) is 0 Å². The van der Waals surface area contributed by atoms with Crippen molar-refractivity contribution in [3.05, 3.63) is 29.8 Å². The lowest BCUT2D eigenvalue weighted by Crippen LogP contribution is -2.20. The van der Waals surface area contributed by atoms with Crippen LogP contribution in [-0.2, 0) is 6.42 Å². The van der Waals surface area contributed by atoms with Crippen molar-refractivity contribution in [3.8, 4) is 18.1 Å². The van der Waals surface area contributed by atoms with Gasteiger partial charge in [0.05, 0.1) is 12.9 Å². The number of nitrogens with one attached hydrogen (secondary N) is 1. The Labute approximate surface area is 108 Å². The molecule has 0 aliphatic carbocycles. The smallest absolute Gasteiger partial charge is 0.118 e. The molecule has 0 saturated heterocycles. The normalized spacial score (nSPS) is 9.88. The molecule has 3 heteroatoms. The summed E-state index contributed by atoms with van der Waals surface area (Å²) in [6.45, 7) is 2.02. The molecule has 0 aliphatic heterocycles. The summed E-state index contributed by atoms with van der Waals surface area (Å²) in [6, 6.07) is 8.21. The van der Waals surface area contributed by atoms with E-state index in [1.165, 1.54) is 5.56 Å². The summed E-state index contributed by atoms with van der Waals surface area (Å²) in [5.74, 6) is 5.41. The molecule has 0 amide bonds. The van der Waals surface area contributed by atoms with Gasteiger partial charge in [0.25, 0.3) is 0 Å². The van der Waals surface area contributed by atoms with Gasteiger partial charge in [0.15, 0.2) is 0 Å². The zero-order chi connectivity index (χ0) is 12.3. The molecular weight excluding hydrogens is 230 g/mol. The van der Waals surface area contributed by atoms with E-state index >= 15 is 0 Å². The second-order valence-corrected chi connectivity index (χ2v) is 4.71. The fourth-order valence-electron chi connectivity index (χ4n) is 1.43. The minimum Gasteiger partial charge on any atom is -0.497 e. The second kappa shape index (κ2) is 8.98. The van der Waals surface area contributed by atoms with Crippen LogP contribution >= 0.6 is 11.8 Å². The average Bonchev–Trinajstić information content (AvgIpc) is 2.38. The Morgan fingerprint density at radius 3 is 2.71 bits per heavy atom. The van der Waals surface area contributed by atoms with Gasteiger partial charge in [0.1, 0.15) is 5.75 Å². The number of hydrogen-bond acceptors (Lipinski definition) is 3. The monoisotopic (exact) mass is 249 g/mol. The Kier molecular flexibility index (Phi) is 7.37. The first-order valence-corrected chi connectivity index (χ1v) is 6.87. The van der Waals surface area contributed by atoms with Gasteiger partial charge >= 0.3 is 0 Å². The largest absolute Gasteiger partial charge is 0.497 e. The minimum atomic E-state index is 0.806. The van der Waals surface area contributed by atoms with E-state index in [0.717, 1.165) is 36.8 Å². The Morgan fingerprint density at radius 2 is 2.06 bits per heavy atom. The Balaban J connectivity index is 2.08. The highest BCUT2D eigenvalue weighted by Crippen LogP contribution is 2.11. The van der Waals surface area contributed by atoms with Gasteiger partial charge in [-0.2, -0.15) is 0 Å². The van der Waals surface area contributed by atoms with Crippen LogP contribution in [0.4, 0.5) is 0 Å². The summed E-state index contributed by atoms with van der Waals surface area (Å²) in [4.78, 5) is 0. The molecule has 1 N–H and O–H groups in total. The van der Waals surface area contributed by atoms with Crippen molar-refractivity contribution >= 4 is 11.8 Å². The van der Waals surface area contributed by atoms with Crippen LogP contribution in [0.3, 0.4) is 0 Å². The number of ether oxygens (including phenoxy) is 1. The minimum absolute atomic E-state index is 0.806. The maximum Gasteiger partial charge on any atom is 0.118 e. The number of methoxy groups -OCH3 is 1. The lowest BCUT2D eigenvalue weighted by Gasteiger charge is -2.05. The molecule has 0 fully saturated rings. The third-order valence-corrected chi connectivity index (χ3v) is 3.22. The molecule has 0 radical (unpaired) electrons. The van der Waals surface area contributed by atoms with E-state index in [2.05, 4.69) is 23.4 Å². The third-order valence-electron chi connectivity index (χ3n) is 2.36. The number of rotatable bonds is 8. The van der Waals surface area contributed by atoms with E-state index in [1.54, 1.807) is 18.9 Å². The fraction of sp³-hybridized carbons (Fsp3) is 0.429. The van der Waals surface area contributed by atoms with Gasteiger partial charge in [-0.05, 0) is 30.7 Å². The van der Waals surface area contributed by atoms with Crippen molar-refractivity contribution in [2.45, 2.75) is 6.42 Å². The topological polar surface area (TPSA) is 21.3 Å². The van der Waals surface area contributed by atoms with Crippen LogP contribution in [0.5, 0.6) is 5.75 Å².